The second kappa shape index (κ2) is 6.82. The minimum atomic E-state index is -0.806. The van der Waals surface area contributed by atoms with Gasteiger partial charge in [0.2, 0.25) is 11.8 Å². The molecule has 2 bridgehead atoms. The van der Waals surface area contributed by atoms with Crippen LogP contribution in [0.2, 0.25) is 0 Å². The SMILES string of the molecule is C=CCN1C(=O)[C@@H](C(=O)Nc2ccc(C)cc2)[C@H]2C[C@@]1(C)Oc1ccccc12. The van der Waals surface area contributed by atoms with Crippen molar-refractivity contribution in [3.8, 4) is 5.75 Å². The van der Waals surface area contributed by atoms with Crippen molar-refractivity contribution in [1.82, 2.24) is 4.90 Å². The van der Waals surface area contributed by atoms with Gasteiger partial charge in [0.15, 0.2) is 5.72 Å². The lowest BCUT2D eigenvalue weighted by atomic mass is 9.73. The standard InChI is InChI=1S/C23H24N2O3/c1-4-13-25-22(27)20(21(26)24-16-11-9-15(2)10-12-16)18-14-23(25,3)28-19-8-6-5-7-17(18)19/h4-12,18,20H,1,13-14H2,2-3H3,(H,24,26)/t18-,20+,23+/m0/s1. The van der Waals surface area contributed by atoms with E-state index in [9.17, 15) is 9.59 Å². The van der Waals surface area contributed by atoms with Gasteiger partial charge in [0, 0.05) is 24.6 Å². The Morgan fingerprint density at radius 1 is 1.29 bits per heavy atom. The fourth-order valence-electron chi connectivity index (χ4n) is 4.28. The van der Waals surface area contributed by atoms with Gasteiger partial charge >= 0.3 is 0 Å². The van der Waals surface area contributed by atoms with Crippen LogP contribution in [0, 0.1) is 12.8 Å². The van der Waals surface area contributed by atoms with Crippen LogP contribution >= 0.6 is 0 Å². The Hall–Kier alpha value is -3.08. The van der Waals surface area contributed by atoms with Crippen LogP contribution in [0.5, 0.6) is 5.75 Å². The normalized spacial score (nSPS) is 25.5. The van der Waals surface area contributed by atoms with Crippen molar-refractivity contribution < 1.29 is 14.3 Å². The highest BCUT2D eigenvalue weighted by Gasteiger charge is 2.55. The molecule has 2 aliphatic heterocycles. The van der Waals surface area contributed by atoms with Crippen LogP contribution < -0.4 is 10.1 Å². The summed E-state index contributed by atoms with van der Waals surface area (Å²) in [6.45, 7) is 8.00. The van der Waals surface area contributed by atoms with E-state index in [2.05, 4.69) is 11.9 Å². The van der Waals surface area contributed by atoms with Gasteiger partial charge in [-0.25, -0.2) is 0 Å². The van der Waals surface area contributed by atoms with E-state index in [4.69, 9.17) is 4.74 Å². The van der Waals surface area contributed by atoms with Crippen LogP contribution in [0.4, 0.5) is 5.69 Å². The van der Waals surface area contributed by atoms with Crippen molar-refractivity contribution in [2.24, 2.45) is 5.92 Å². The zero-order chi connectivity index (χ0) is 19.9. The van der Waals surface area contributed by atoms with Gasteiger partial charge in [-0.15, -0.1) is 6.58 Å². The maximum Gasteiger partial charge on any atom is 0.239 e. The Bertz CT molecular complexity index is 937. The first-order valence-corrected chi connectivity index (χ1v) is 9.51. The molecule has 144 valence electrons. The first kappa shape index (κ1) is 18.3. The quantitative estimate of drug-likeness (QED) is 0.651. The van der Waals surface area contributed by atoms with E-state index in [1.165, 1.54) is 0 Å². The maximum atomic E-state index is 13.4. The number of benzene rings is 2. The van der Waals surface area contributed by atoms with Crippen molar-refractivity contribution in [1.29, 1.82) is 0 Å². The third-order valence-corrected chi connectivity index (χ3v) is 5.67. The lowest BCUT2D eigenvalue weighted by molar-refractivity contribution is -0.173. The van der Waals surface area contributed by atoms with E-state index in [1.807, 2.05) is 62.4 Å². The van der Waals surface area contributed by atoms with Crippen molar-refractivity contribution in [2.75, 3.05) is 11.9 Å². The van der Waals surface area contributed by atoms with E-state index in [0.29, 0.717) is 18.7 Å². The van der Waals surface area contributed by atoms with Crippen molar-refractivity contribution in [3.63, 3.8) is 0 Å². The molecule has 2 aromatic carbocycles. The van der Waals surface area contributed by atoms with E-state index >= 15 is 0 Å². The number of hydrogen-bond donors (Lipinski definition) is 1. The number of ether oxygens (including phenoxy) is 1. The summed E-state index contributed by atoms with van der Waals surface area (Å²) in [7, 11) is 0. The highest BCUT2D eigenvalue weighted by molar-refractivity contribution is 6.08. The predicted octanol–water partition coefficient (Wildman–Crippen LogP) is 3.86. The summed E-state index contributed by atoms with van der Waals surface area (Å²) in [4.78, 5) is 28.2. The molecule has 2 amide bonds. The van der Waals surface area contributed by atoms with Crippen molar-refractivity contribution >= 4 is 17.5 Å². The summed E-state index contributed by atoms with van der Waals surface area (Å²) in [5.74, 6) is -0.811. The molecule has 4 rings (SSSR count). The first-order valence-electron chi connectivity index (χ1n) is 9.51. The molecule has 0 unspecified atom stereocenters. The Morgan fingerprint density at radius 2 is 2.00 bits per heavy atom. The summed E-state index contributed by atoms with van der Waals surface area (Å²) in [5.41, 5.74) is 1.92. The molecule has 0 spiro atoms. The first-order chi connectivity index (χ1) is 13.4. The summed E-state index contributed by atoms with van der Waals surface area (Å²) >= 11 is 0. The van der Waals surface area contributed by atoms with Crippen LogP contribution in [0.15, 0.2) is 61.2 Å². The topological polar surface area (TPSA) is 58.6 Å². The van der Waals surface area contributed by atoms with E-state index in [-0.39, 0.29) is 17.7 Å². The van der Waals surface area contributed by atoms with Gasteiger partial charge < -0.3 is 15.0 Å². The monoisotopic (exact) mass is 376 g/mol. The Balaban J connectivity index is 1.73. The van der Waals surface area contributed by atoms with Crippen LogP contribution in [0.1, 0.15) is 30.4 Å². The molecule has 1 fully saturated rings. The van der Waals surface area contributed by atoms with E-state index < -0.39 is 11.6 Å². The lowest BCUT2D eigenvalue weighted by Crippen LogP contribution is -2.64. The fourth-order valence-corrected chi connectivity index (χ4v) is 4.28. The van der Waals surface area contributed by atoms with Crippen molar-refractivity contribution in [2.45, 2.75) is 31.9 Å². The maximum absolute atomic E-state index is 13.4. The van der Waals surface area contributed by atoms with E-state index in [1.54, 1.807) is 11.0 Å². The van der Waals surface area contributed by atoms with Gasteiger partial charge in [0.1, 0.15) is 11.7 Å². The number of nitrogens with zero attached hydrogens (tertiary/aromatic N) is 1. The Morgan fingerprint density at radius 3 is 2.71 bits per heavy atom. The number of hydrogen-bond acceptors (Lipinski definition) is 3. The fraction of sp³-hybridized carbons (Fsp3) is 0.304. The molecule has 0 aromatic heterocycles. The van der Waals surface area contributed by atoms with Gasteiger partial charge in [-0.3, -0.25) is 9.59 Å². The van der Waals surface area contributed by atoms with Crippen LogP contribution in [0.25, 0.3) is 0 Å². The van der Waals surface area contributed by atoms with Gasteiger partial charge in [0.25, 0.3) is 0 Å². The van der Waals surface area contributed by atoms with Gasteiger partial charge in [0.05, 0.1) is 0 Å². The number of nitrogens with one attached hydrogen (secondary N) is 1. The number of anilines is 1. The van der Waals surface area contributed by atoms with Crippen molar-refractivity contribution in [3.05, 3.63) is 72.3 Å². The minimum Gasteiger partial charge on any atom is -0.468 e. The molecule has 3 atom stereocenters. The van der Waals surface area contributed by atoms with Crippen LogP contribution in [0.3, 0.4) is 0 Å². The molecule has 5 nitrogen and oxygen atoms in total. The number of carbonyl (C=O) groups is 2. The summed E-state index contributed by atoms with van der Waals surface area (Å²) < 4.78 is 6.21. The molecule has 5 heteroatoms. The number of amides is 2. The summed E-state index contributed by atoms with van der Waals surface area (Å²) in [6, 6.07) is 15.2. The molecule has 28 heavy (non-hydrogen) atoms. The predicted molar refractivity (Wildman–Crippen MR) is 108 cm³/mol. The number of likely N-dealkylation sites (tertiary alicyclic amines) is 1. The highest BCUT2D eigenvalue weighted by Crippen LogP contribution is 2.50. The molecule has 2 aromatic rings. The number of rotatable bonds is 4. The highest BCUT2D eigenvalue weighted by atomic mass is 16.5. The third kappa shape index (κ3) is 2.97. The second-order valence-electron chi connectivity index (χ2n) is 7.70. The molecule has 2 heterocycles. The Labute approximate surface area is 165 Å². The zero-order valence-electron chi connectivity index (χ0n) is 16.1. The Kier molecular flexibility index (Phi) is 4.46. The van der Waals surface area contributed by atoms with Gasteiger partial charge in [-0.05, 0) is 37.6 Å². The molecule has 2 aliphatic rings. The number of carbonyl (C=O) groups excluding carboxylic acids is 2. The van der Waals surface area contributed by atoms with Crippen LogP contribution in [-0.2, 0) is 9.59 Å². The molecule has 1 saturated heterocycles. The number of fused-ring (bicyclic) bond motifs is 4. The third-order valence-electron chi connectivity index (χ3n) is 5.67. The molecular formula is C23H24N2O3. The van der Waals surface area contributed by atoms with Crippen LogP contribution in [-0.4, -0.2) is 29.0 Å². The number of para-hydroxylation sites is 1. The smallest absolute Gasteiger partial charge is 0.239 e. The minimum absolute atomic E-state index is 0.224. The number of aryl methyl sites for hydroxylation is 1. The average Bonchev–Trinajstić information content (AvgIpc) is 2.67. The van der Waals surface area contributed by atoms with Gasteiger partial charge in [-0.2, -0.15) is 0 Å². The molecule has 0 saturated carbocycles. The lowest BCUT2D eigenvalue weighted by Gasteiger charge is -2.52. The second-order valence-corrected chi connectivity index (χ2v) is 7.70. The summed E-state index contributed by atoms with van der Waals surface area (Å²) in [5, 5.41) is 2.93. The molecule has 0 aliphatic carbocycles. The van der Waals surface area contributed by atoms with Gasteiger partial charge in [-0.1, -0.05) is 42.0 Å². The molecule has 0 radical (unpaired) electrons. The molecular weight excluding hydrogens is 352 g/mol. The summed E-state index contributed by atoms with van der Waals surface area (Å²) in [6.07, 6.45) is 2.23. The number of piperidine rings is 1. The molecule has 1 N–H and O–H groups in total. The average molecular weight is 376 g/mol. The van der Waals surface area contributed by atoms with E-state index in [0.717, 1.165) is 16.9 Å². The zero-order valence-corrected chi connectivity index (χ0v) is 16.1. The largest absolute Gasteiger partial charge is 0.468 e.